The molecule has 2 aromatic rings. The van der Waals surface area contributed by atoms with Crippen molar-refractivity contribution >= 4 is 23.0 Å². The van der Waals surface area contributed by atoms with Crippen LogP contribution < -0.4 is 5.32 Å². The number of pyridine rings is 1. The average Bonchev–Trinajstić information content (AvgIpc) is 2.79. The fraction of sp³-hybridized carbons (Fsp3) is 0.333. The highest BCUT2D eigenvalue weighted by Gasteiger charge is 2.17. The van der Waals surface area contributed by atoms with E-state index in [0.29, 0.717) is 11.4 Å². The summed E-state index contributed by atoms with van der Waals surface area (Å²) in [5.74, 6) is -0.944. The minimum absolute atomic E-state index is 0.160. The standard InChI is InChI=1S/C15H18N2O2S/c1-9(7-12-5-4-6-20-12)17-13-8-10(2)16-11(3)14(13)15(18)19/h4-6,8-9H,7H2,1-3H3,(H,16,17)(H,18,19). The van der Waals surface area contributed by atoms with Gasteiger partial charge in [0.2, 0.25) is 0 Å². The lowest BCUT2D eigenvalue weighted by Crippen LogP contribution is -2.20. The summed E-state index contributed by atoms with van der Waals surface area (Å²) in [5.41, 5.74) is 2.27. The number of rotatable bonds is 5. The van der Waals surface area contributed by atoms with E-state index >= 15 is 0 Å². The number of aryl methyl sites for hydroxylation is 2. The zero-order valence-electron chi connectivity index (χ0n) is 11.8. The van der Waals surface area contributed by atoms with Crippen LogP contribution in [-0.2, 0) is 6.42 Å². The summed E-state index contributed by atoms with van der Waals surface area (Å²) in [7, 11) is 0. The minimum atomic E-state index is -0.944. The van der Waals surface area contributed by atoms with Crippen molar-refractivity contribution in [3.05, 3.63) is 45.4 Å². The molecule has 1 unspecified atom stereocenters. The van der Waals surface area contributed by atoms with Crippen LogP contribution in [-0.4, -0.2) is 22.1 Å². The Balaban J connectivity index is 2.21. The summed E-state index contributed by atoms with van der Waals surface area (Å²) >= 11 is 1.71. The van der Waals surface area contributed by atoms with E-state index in [1.165, 1.54) is 4.88 Å². The predicted molar refractivity (Wildman–Crippen MR) is 81.8 cm³/mol. The molecule has 106 valence electrons. The first kappa shape index (κ1) is 14.5. The third kappa shape index (κ3) is 3.36. The number of aromatic nitrogens is 1. The maximum absolute atomic E-state index is 11.4. The molecule has 2 aromatic heterocycles. The normalized spacial score (nSPS) is 12.2. The van der Waals surface area contributed by atoms with E-state index in [9.17, 15) is 9.90 Å². The first-order valence-corrected chi connectivity index (χ1v) is 7.35. The summed E-state index contributed by atoms with van der Waals surface area (Å²) in [6.07, 6.45) is 0.872. The number of aromatic carboxylic acids is 1. The van der Waals surface area contributed by atoms with Crippen molar-refractivity contribution < 1.29 is 9.90 Å². The van der Waals surface area contributed by atoms with Gasteiger partial charge in [-0.1, -0.05) is 6.07 Å². The Hall–Kier alpha value is -1.88. The molecule has 1 atom stereocenters. The van der Waals surface area contributed by atoms with Gasteiger partial charge in [-0.25, -0.2) is 4.79 Å². The zero-order chi connectivity index (χ0) is 14.7. The Morgan fingerprint density at radius 1 is 1.50 bits per heavy atom. The fourth-order valence-electron chi connectivity index (χ4n) is 2.26. The van der Waals surface area contributed by atoms with Crippen LogP contribution in [0.1, 0.15) is 33.5 Å². The van der Waals surface area contributed by atoms with E-state index in [4.69, 9.17) is 0 Å². The molecular formula is C15H18N2O2S. The van der Waals surface area contributed by atoms with Crippen molar-refractivity contribution in [2.75, 3.05) is 5.32 Å². The third-order valence-electron chi connectivity index (χ3n) is 3.03. The van der Waals surface area contributed by atoms with Crippen molar-refractivity contribution in [2.24, 2.45) is 0 Å². The van der Waals surface area contributed by atoms with Crippen LogP contribution in [0.4, 0.5) is 5.69 Å². The Morgan fingerprint density at radius 3 is 2.85 bits per heavy atom. The molecule has 0 saturated carbocycles. The molecule has 2 rings (SSSR count). The lowest BCUT2D eigenvalue weighted by molar-refractivity contribution is 0.0696. The molecule has 0 aliphatic carbocycles. The SMILES string of the molecule is Cc1cc(NC(C)Cc2cccs2)c(C(=O)O)c(C)n1. The molecule has 2 N–H and O–H groups in total. The maximum Gasteiger partial charge on any atom is 0.339 e. The highest BCUT2D eigenvalue weighted by Crippen LogP contribution is 2.22. The summed E-state index contributed by atoms with van der Waals surface area (Å²) in [6.45, 7) is 5.65. The molecule has 4 nitrogen and oxygen atoms in total. The number of nitrogens with zero attached hydrogens (tertiary/aromatic N) is 1. The van der Waals surface area contributed by atoms with Crippen molar-refractivity contribution in [3.8, 4) is 0 Å². The van der Waals surface area contributed by atoms with Gasteiger partial charge in [0, 0.05) is 23.0 Å². The van der Waals surface area contributed by atoms with Crippen LogP contribution in [0.2, 0.25) is 0 Å². The topological polar surface area (TPSA) is 62.2 Å². The molecule has 0 spiro atoms. The lowest BCUT2D eigenvalue weighted by atomic mass is 10.1. The van der Waals surface area contributed by atoms with Gasteiger partial charge in [-0.15, -0.1) is 11.3 Å². The van der Waals surface area contributed by atoms with Gasteiger partial charge >= 0.3 is 5.97 Å². The van der Waals surface area contributed by atoms with E-state index in [-0.39, 0.29) is 11.6 Å². The summed E-state index contributed by atoms with van der Waals surface area (Å²) < 4.78 is 0. The molecule has 0 aliphatic rings. The number of thiophene rings is 1. The van der Waals surface area contributed by atoms with E-state index in [1.54, 1.807) is 24.3 Å². The second kappa shape index (κ2) is 6.05. The fourth-order valence-corrected chi connectivity index (χ4v) is 3.09. The van der Waals surface area contributed by atoms with E-state index in [0.717, 1.165) is 12.1 Å². The van der Waals surface area contributed by atoms with Gasteiger partial charge in [-0.05, 0) is 38.3 Å². The number of carboxylic acid groups (broad SMARTS) is 1. The average molecular weight is 290 g/mol. The number of nitrogens with one attached hydrogen (secondary N) is 1. The van der Waals surface area contributed by atoms with Crippen molar-refractivity contribution in [2.45, 2.75) is 33.2 Å². The molecule has 0 amide bonds. The minimum Gasteiger partial charge on any atom is -0.478 e. The number of carbonyl (C=O) groups is 1. The van der Waals surface area contributed by atoms with Gasteiger partial charge < -0.3 is 10.4 Å². The Kier molecular flexibility index (Phi) is 4.39. The molecule has 0 aliphatic heterocycles. The Bertz CT molecular complexity index is 609. The molecule has 5 heteroatoms. The molecule has 0 fully saturated rings. The molecule has 20 heavy (non-hydrogen) atoms. The van der Waals surface area contributed by atoms with E-state index in [2.05, 4.69) is 23.3 Å². The Labute approximate surface area is 122 Å². The van der Waals surface area contributed by atoms with E-state index in [1.807, 2.05) is 18.4 Å². The molecule has 0 radical (unpaired) electrons. The van der Waals surface area contributed by atoms with Crippen molar-refractivity contribution in [1.82, 2.24) is 4.98 Å². The van der Waals surface area contributed by atoms with E-state index < -0.39 is 5.97 Å². The molecule has 0 aromatic carbocycles. The second-order valence-electron chi connectivity index (χ2n) is 4.91. The second-order valence-corrected chi connectivity index (χ2v) is 5.94. The number of hydrogen-bond donors (Lipinski definition) is 2. The highest BCUT2D eigenvalue weighted by molar-refractivity contribution is 7.09. The summed E-state index contributed by atoms with van der Waals surface area (Å²) in [4.78, 5) is 16.9. The van der Waals surface area contributed by atoms with Gasteiger partial charge in [0.25, 0.3) is 0 Å². The summed E-state index contributed by atoms with van der Waals surface area (Å²) in [5, 5.41) is 14.7. The van der Waals surface area contributed by atoms with Gasteiger partial charge in [-0.2, -0.15) is 0 Å². The third-order valence-corrected chi connectivity index (χ3v) is 3.93. The van der Waals surface area contributed by atoms with Crippen LogP contribution in [0.25, 0.3) is 0 Å². The predicted octanol–water partition coefficient (Wildman–Crippen LogP) is 3.50. The first-order chi connectivity index (χ1) is 9.47. The first-order valence-electron chi connectivity index (χ1n) is 6.48. The number of carboxylic acids is 1. The monoisotopic (exact) mass is 290 g/mol. The van der Waals surface area contributed by atoms with Crippen LogP contribution in [0.5, 0.6) is 0 Å². The van der Waals surface area contributed by atoms with Gasteiger partial charge in [0.1, 0.15) is 5.56 Å². The van der Waals surface area contributed by atoms with Crippen molar-refractivity contribution in [1.29, 1.82) is 0 Å². The highest BCUT2D eigenvalue weighted by atomic mass is 32.1. The van der Waals surface area contributed by atoms with Crippen LogP contribution in [0, 0.1) is 13.8 Å². The smallest absolute Gasteiger partial charge is 0.339 e. The maximum atomic E-state index is 11.4. The van der Waals surface area contributed by atoms with Gasteiger partial charge in [-0.3, -0.25) is 4.98 Å². The zero-order valence-corrected chi connectivity index (χ0v) is 12.6. The number of hydrogen-bond acceptors (Lipinski definition) is 4. The van der Waals surface area contributed by atoms with Gasteiger partial charge in [0.05, 0.1) is 11.4 Å². The lowest BCUT2D eigenvalue weighted by Gasteiger charge is -2.17. The molecule has 0 saturated heterocycles. The largest absolute Gasteiger partial charge is 0.478 e. The Morgan fingerprint density at radius 2 is 2.25 bits per heavy atom. The van der Waals surface area contributed by atoms with Crippen LogP contribution >= 0.6 is 11.3 Å². The quantitative estimate of drug-likeness (QED) is 0.884. The molecule has 2 heterocycles. The molecule has 0 bridgehead atoms. The van der Waals surface area contributed by atoms with Crippen LogP contribution in [0.3, 0.4) is 0 Å². The van der Waals surface area contributed by atoms with Gasteiger partial charge in [0.15, 0.2) is 0 Å². The number of anilines is 1. The van der Waals surface area contributed by atoms with Crippen molar-refractivity contribution in [3.63, 3.8) is 0 Å². The molecular weight excluding hydrogens is 272 g/mol. The van der Waals surface area contributed by atoms with Crippen LogP contribution in [0.15, 0.2) is 23.6 Å². The summed E-state index contributed by atoms with van der Waals surface area (Å²) in [6, 6.07) is 6.06.